The zero-order chi connectivity index (χ0) is 17.8. The molecule has 0 aliphatic heterocycles. The average Bonchev–Trinajstić information content (AvgIpc) is 2.65. The molecular weight excluding hydrogens is 322 g/mol. The van der Waals surface area contributed by atoms with Crippen LogP contribution in [0, 0.1) is 0 Å². The van der Waals surface area contributed by atoms with E-state index in [9.17, 15) is 4.79 Å². The van der Waals surface area contributed by atoms with Gasteiger partial charge in [-0.2, -0.15) is 0 Å². The summed E-state index contributed by atoms with van der Waals surface area (Å²) in [6.45, 7) is 2.66. The van der Waals surface area contributed by atoms with Gasteiger partial charge in [-0.3, -0.25) is 0 Å². The quantitative estimate of drug-likeness (QED) is 0.681. The number of ether oxygens (including phenoxy) is 3. The zero-order valence-corrected chi connectivity index (χ0v) is 14.4. The summed E-state index contributed by atoms with van der Waals surface area (Å²) < 4.78 is 21.5. The number of hydrogen-bond acceptors (Lipinski definition) is 6. The minimum absolute atomic E-state index is 0.228. The highest BCUT2D eigenvalue weighted by Gasteiger charge is 2.14. The molecule has 1 heterocycles. The van der Waals surface area contributed by atoms with Crippen molar-refractivity contribution >= 4 is 10.9 Å². The molecule has 0 fully saturated rings. The fraction of sp³-hybridized carbons (Fsp3) is 0.263. The summed E-state index contributed by atoms with van der Waals surface area (Å²) in [5.74, 6) is 1.88. The van der Waals surface area contributed by atoms with Crippen molar-refractivity contribution in [2.75, 3.05) is 20.8 Å². The Bertz CT molecular complexity index is 948. The number of methoxy groups -OCH3 is 2. The molecule has 0 spiro atoms. The predicted octanol–water partition coefficient (Wildman–Crippen LogP) is 3.66. The minimum atomic E-state index is -0.485. The van der Waals surface area contributed by atoms with Gasteiger partial charge in [0.1, 0.15) is 5.75 Å². The van der Waals surface area contributed by atoms with Crippen LogP contribution in [0.25, 0.3) is 22.4 Å². The second-order valence-electron chi connectivity index (χ2n) is 5.41. The molecule has 0 saturated carbocycles. The summed E-state index contributed by atoms with van der Waals surface area (Å²) in [5.41, 5.74) is 0.659. The highest BCUT2D eigenvalue weighted by molar-refractivity contribution is 5.82. The van der Waals surface area contributed by atoms with Crippen molar-refractivity contribution in [1.29, 1.82) is 0 Å². The van der Waals surface area contributed by atoms with Crippen LogP contribution in [0.2, 0.25) is 0 Å². The Hall–Kier alpha value is -3.02. The SMILES string of the molecule is CCCOc1cccc(-c2nc3cc(OC)c(OC)cc3c(=O)o2)c1. The smallest absolute Gasteiger partial charge is 0.347 e. The van der Waals surface area contributed by atoms with Crippen LogP contribution in [0.1, 0.15) is 13.3 Å². The average molecular weight is 341 g/mol. The van der Waals surface area contributed by atoms with Gasteiger partial charge in [-0.1, -0.05) is 13.0 Å². The molecule has 0 radical (unpaired) electrons. The van der Waals surface area contributed by atoms with E-state index in [-0.39, 0.29) is 5.89 Å². The lowest BCUT2D eigenvalue weighted by molar-refractivity contribution is 0.317. The van der Waals surface area contributed by atoms with Crippen LogP contribution in [0.3, 0.4) is 0 Å². The van der Waals surface area contributed by atoms with Crippen LogP contribution >= 0.6 is 0 Å². The molecule has 0 saturated heterocycles. The first-order valence-corrected chi connectivity index (χ1v) is 7.96. The van der Waals surface area contributed by atoms with Crippen molar-refractivity contribution in [1.82, 2.24) is 4.98 Å². The molecule has 0 atom stereocenters. The van der Waals surface area contributed by atoms with Gasteiger partial charge in [0.2, 0.25) is 5.89 Å². The Balaban J connectivity index is 2.10. The summed E-state index contributed by atoms with van der Waals surface area (Å²) in [6, 6.07) is 10.5. The molecular formula is C19H19NO5. The molecule has 2 aromatic carbocycles. The van der Waals surface area contributed by atoms with Crippen LogP contribution in [0.4, 0.5) is 0 Å². The van der Waals surface area contributed by atoms with Gasteiger partial charge < -0.3 is 18.6 Å². The van der Waals surface area contributed by atoms with Crippen molar-refractivity contribution in [2.24, 2.45) is 0 Å². The van der Waals surface area contributed by atoms with Gasteiger partial charge in [0.15, 0.2) is 11.5 Å². The number of fused-ring (bicyclic) bond motifs is 1. The normalized spacial score (nSPS) is 10.7. The van der Waals surface area contributed by atoms with E-state index in [0.29, 0.717) is 40.3 Å². The molecule has 0 bridgehead atoms. The molecule has 130 valence electrons. The topological polar surface area (TPSA) is 70.8 Å². The van der Waals surface area contributed by atoms with Gasteiger partial charge >= 0.3 is 5.63 Å². The zero-order valence-electron chi connectivity index (χ0n) is 14.4. The molecule has 6 heteroatoms. The lowest BCUT2D eigenvalue weighted by Gasteiger charge is -2.09. The van der Waals surface area contributed by atoms with E-state index in [4.69, 9.17) is 18.6 Å². The number of hydrogen-bond donors (Lipinski definition) is 0. The Morgan fingerprint density at radius 3 is 2.56 bits per heavy atom. The number of benzene rings is 2. The van der Waals surface area contributed by atoms with E-state index < -0.39 is 5.63 Å². The lowest BCUT2D eigenvalue weighted by Crippen LogP contribution is -2.04. The van der Waals surface area contributed by atoms with Crippen molar-refractivity contribution in [3.05, 3.63) is 46.8 Å². The molecule has 0 aliphatic carbocycles. The van der Waals surface area contributed by atoms with Gasteiger partial charge in [-0.25, -0.2) is 9.78 Å². The third-order valence-electron chi connectivity index (χ3n) is 3.69. The second-order valence-corrected chi connectivity index (χ2v) is 5.41. The maximum atomic E-state index is 12.4. The predicted molar refractivity (Wildman–Crippen MR) is 94.6 cm³/mol. The summed E-state index contributed by atoms with van der Waals surface area (Å²) in [5, 5.41) is 0.333. The molecule has 0 N–H and O–H groups in total. The van der Waals surface area contributed by atoms with Crippen molar-refractivity contribution < 1.29 is 18.6 Å². The van der Waals surface area contributed by atoms with Crippen LogP contribution in [-0.2, 0) is 0 Å². The standard InChI is InChI=1S/C19H19NO5/c1-4-8-24-13-7-5-6-12(9-13)18-20-15-11-17(23-3)16(22-2)10-14(15)19(21)25-18/h5-7,9-11H,4,8H2,1-3H3. The monoisotopic (exact) mass is 341 g/mol. The third kappa shape index (κ3) is 3.42. The van der Waals surface area contributed by atoms with E-state index >= 15 is 0 Å². The Kier molecular flexibility index (Phi) is 4.88. The molecule has 0 aliphatic rings. The lowest BCUT2D eigenvalue weighted by atomic mass is 10.2. The first-order valence-electron chi connectivity index (χ1n) is 7.96. The number of aromatic nitrogens is 1. The van der Waals surface area contributed by atoms with Crippen LogP contribution < -0.4 is 19.8 Å². The fourth-order valence-electron chi connectivity index (χ4n) is 2.46. The van der Waals surface area contributed by atoms with E-state index in [1.807, 2.05) is 25.1 Å². The molecule has 0 unspecified atom stereocenters. The van der Waals surface area contributed by atoms with Gasteiger partial charge in [-0.15, -0.1) is 0 Å². The van der Waals surface area contributed by atoms with Crippen molar-refractivity contribution in [2.45, 2.75) is 13.3 Å². The van der Waals surface area contributed by atoms with Crippen molar-refractivity contribution in [3.8, 4) is 28.7 Å². The van der Waals surface area contributed by atoms with E-state index in [0.717, 1.165) is 6.42 Å². The van der Waals surface area contributed by atoms with Crippen LogP contribution in [0.15, 0.2) is 45.6 Å². The highest BCUT2D eigenvalue weighted by Crippen LogP contribution is 2.31. The minimum Gasteiger partial charge on any atom is -0.494 e. The first kappa shape index (κ1) is 16.8. The Labute approximate surface area is 145 Å². The van der Waals surface area contributed by atoms with Gasteiger partial charge in [0, 0.05) is 17.7 Å². The van der Waals surface area contributed by atoms with Crippen LogP contribution in [-0.4, -0.2) is 25.8 Å². The Morgan fingerprint density at radius 2 is 1.84 bits per heavy atom. The van der Waals surface area contributed by atoms with Crippen LogP contribution in [0.5, 0.6) is 17.2 Å². The van der Waals surface area contributed by atoms with Crippen molar-refractivity contribution in [3.63, 3.8) is 0 Å². The molecule has 0 amide bonds. The molecule has 25 heavy (non-hydrogen) atoms. The van der Waals surface area contributed by atoms with E-state index in [1.165, 1.54) is 14.2 Å². The first-order chi connectivity index (χ1) is 12.2. The second kappa shape index (κ2) is 7.25. The molecule has 1 aromatic heterocycles. The fourth-order valence-corrected chi connectivity index (χ4v) is 2.46. The van der Waals surface area contributed by atoms with Gasteiger partial charge in [-0.05, 0) is 24.6 Å². The summed E-state index contributed by atoms with van der Waals surface area (Å²) >= 11 is 0. The summed E-state index contributed by atoms with van der Waals surface area (Å²) in [4.78, 5) is 16.8. The van der Waals surface area contributed by atoms with Gasteiger partial charge in [0.25, 0.3) is 0 Å². The Morgan fingerprint density at radius 1 is 1.08 bits per heavy atom. The number of rotatable bonds is 6. The largest absolute Gasteiger partial charge is 0.494 e. The highest BCUT2D eigenvalue weighted by atomic mass is 16.5. The maximum absolute atomic E-state index is 12.4. The molecule has 3 rings (SSSR count). The maximum Gasteiger partial charge on any atom is 0.347 e. The number of nitrogens with zero attached hydrogens (tertiary/aromatic N) is 1. The van der Waals surface area contributed by atoms with E-state index in [2.05, 4.69) is 4.98 Å². The van der Waals surface area contributed by atoms with E-state index in [1.54, 1.807) is 18.2 Å². The summed E-state index contributed by atoms with van der Waals surface area (Å²) in [6.07, 6.45) is 0.912. The van der Waals surface area contributed by atoms with Gasteiger partial charge in [0.05, 0.1) is 31.7 Å². The molecule has 6 nitrogen and oxygen atoms in total. The third-order valence-corrected chi connectivity index (χ3v) is 3.69. The molecule has 3 aromatic rings. The summed E-state index contributed by atoms with van der Waals surface area (Å²) in [7, 11) is 3.04.